The first-order valence-corrected chi connectivity index (χ1v) is 7.99. The van der Waals surface area contributed by atoms with Crippen LogP contribution in [0.1, 0.15) is 15.9 Å². The third-order valence-electron chi connectivity index (χ3n) is 2.86. The van der Waals surface area contributed by atoms with E-state index in [1.807, 2.05) is 0 Å². The van der Waals surface area contributed by atoms with Gasteiger partial charge in [0.25, 0.3) is 0 Å². The number of anilines is 1. The van der Waals surface area contributed by atoms with Crippen molar-refractivity contribution in [2.24, 2.45) is 5.73 Å². The van der Waals surface area contributed by atoms with E-state index in [4.69, 9.17) is 23.1 Å². The van der Waals surface area contributed by atoms with Crippen molar-refractivity contribution in [3.05, 3.63) is 58.6 Å². The van der Waals surface area contributed by atoms with E-state index in [0.29, 0.717) is 11.3 Å². The molecule has 0 aliphatic carbocycles. The smallest absolute Gasteiger partial charge is 0.248 e. The van der Waals surface area contributed by atoms with Gasteiger partial charge < -0.3 is 11.5 Å². The number of amides is 1. The van der Waals surface area contributed by atoms with Crippen LogP contribution in [0.4, 0.5) is 5.69 Å². The van der Waals surface area contributed by atoms with Gasteiger partial charge in [-0.05, 0) is 35.9 Å². The molecule has 2 aromatic carbocycles. The van der Waals surface area contributed by atoms with E-state index in [2.05, 4.69) is 0 Å². The molecule has 7 heteroatoms. The molecule has 0 bridgehead atoms. The summed E-state index contributed by atoms with van der Waals surface area (Å²) in [5, 5.41) is 0.0704. The third kappa shape index (κ3) is 3.53. The molecule has 0 radical (unpaired) electrons. The second-order valence-corrected chi connectivity index (χ2v) is 6.88. The van der Waals surface area contributed by atoms with Crippen molar-refractivity contribution in [2.75, 3.05) is 5.73 Å². The van der Waals surface area contributed by atoms with Crippen LogP contribution in [0.3, 0.4) is 0 Å². The van der Waals surface area contributed by atoms with Gasteiger partial charge in [0.05, 0.1) is 15.7 Å². The zero-order valence-electron chi connectivity index (χ0n) is 10.9. The van der Waals surface area contributed by atoms with Gasteiger partial charge in [-0.1, -0.05) is 23.7 Å². The van der Waals surface area contributed by atoms with Gasteiger partial charge in [0.15, 0.2) is 9.84 Å². The summed E-state index contributed by atoms with van der Waals surface area (Å²) in [6.45, 7) is 0. The SMILES string of the molecule is NC(=O)c1cccc(CS(=O)(=O)c2ccc(N)cc2Cl)c1. The van der Waals surface area contributed by atoms with Crippen LogP contribution >= 0.6 is 11.6 Å². The Hall–Kier alpha value is -2.05. The molecule has 0 spiro atoms. The number of carbonyl (C=O) groups excluding carboxylic acids is 1. The zero-order chi connectivity index (χ0) is 15.6. The van der Waals surface area contributed by atoms with Gasteiger partial charge >= 0.3 is 0 Å². The summed E-state index contributed by atoms with van der Waals surface area (Å²) >= 11 is 5.93. The van der Waals surface area contributed by atoms with E-state index in [1.54, 1.807) is 12.1 Å². The summed E-state index contributed by atoms with van der Waals surface area (Å²) in [6, 6.07) is 10.4. The molecule has 4 N–H and O–H groups in total. The number of halogens is 1. The number of nitrogen functional groups attached to an aromatic ring is 1. The molecule has 0 heterocycles. The Morgan fingerprint density at radius 1 is 1.14 bits per heavy atom. The number of hydrogen-bond acceptors (Lipinski definition) is 4. The Labute approximate surface area is 127 Å². The molecule has 0 aliphatic heterocycles. The first-order valence-electron chi connectivity index (χ1n) is 5.96. The van der Waals surface area contributed by atoms with Gasteiger partial charge in [0.1, 0.15) is 0 Å². The number of primary amides is 1. The van der Waals surface area contributed by atoms with Gasteiger partial charge in [-0.25, -0.2) is 8.42 Å². The molecule has 0 aromatic heterocycles. The summed E-state index contributed by atoms with van der Waals surface area (Å²) in [5.74, 6) is -0.891. The van der Waals surface area contributed by atoms with Gasteiger partial charge in [0, 0.05) is 11.3 Å². The van der Waals surface area contributed by atoms with Crippen LogP contribution in [-0.2, 0) is 15.6 Å². The molecule has 0 aliphatic rings. The second kappa shape index (κ2) is 5.75. The molecule has 0 saturated heterocycles. The molecule has 1 amide bonds. The van der Waals surface area contributed by atoms with Crippen molar-refractivity contribution in [3.63, 3.8) is 0 Å². The molecular formula is C14H13ClN2O3S. The highest BCUT2D eigenvalue weighted by atomic mass is 35.5. The van der Waals surface area contributed by atoms with Gasteiger partial charge in [-0.2, -0.15) is 0 Å². The van der Waals surface area contributed by atoms with Crippen molar-refractivity contribution < 1.29 is 13.2 Å². The summed E-state index contributed by atoms with van der Waals surface area (Å²) in [7, 11) is -3.64. The maximum atomic E-state index is 12.4. The fraction of sp³-hybridized carbons (Fsp3) is 0.0714. The highest BCUT2D eigenvalue weighted by Gasteiger charge is 2.19. The van der Waals surface area contributed by atoms with Crippen molar-refractivity contribution in [2.45, 2.75) is 10.6 Å². The van der Waals surface area contributed by atoms with Gasteiger partial charge in [0.2, 0.25) is 5.91 Å². The standard InChI is InChI=1S/C14H13ClN2O3S/c15-12-7-11(16)4-5-13(12)21(19,20)8-9-2-1-3-10(6-9)14(17)18/h1-7H,8,16H2,(H2,17,18). The normalized spacial score (nSPS) is 11.3. The van der Waals surface area contributed by atoms with Crippen LogP contribution in [0, 0.1) is 0 Å². The van der Waals surface area contributed by atoms with E-state index < -0.39 is 15.7 Å². The molecular weight excluding hydrogens is 312 g/mol. The molecule has 21 heavy (non-hydrogen) atoms. The monoisotopic (exact) mass is 324 g/mol. The number of sulfone groups is 1. The highest BCUT2D eigenvalue weighted by Crippen LogP contribution is 2.26. The first-order chi connectivity index (χ1) is 9.79. The summed E-state index contributed by atoms with van der Waals surface area (Å²) in [4.78, 5) is 11.1. The lowest BCUT2D eigenvalue weighted by atomic mass is 10.1. The number of rotatable bonds is 4. The third-order valence-corrected chi connectivity index (χ3v) is 5.02. The molecule has 0 unspecified atom stereocenters. The number of nitrogens with two attached hydrogens (primary N) is 2. The molecule has 110 valence electrons. The maximum absolute atomic E-state index is 12.4. The van der Waals surface area contributed by atoms with Gasteiger partial charge in [-0.3, -0.25) is 4.79 Å². The Morgan fingerprint density at radius 3 is 2.48 bits per heavy atom. The first kappa shape index (κ1) is 15.3. The topological polar surface area (TPSA) is 103 Å². The van der Waals surface area contributed by atoms with Crippen molar-refractivity contribution in [3.8, 4) is 0 Å². The largest absolute Gasteiger partial charge is 0.399 e. The molecule has 0 saturated carbocycles. The van der Waals surface area contributed by atoms with Crippen LogP contribution < -0.4 is 11.5 Å². The van der Waals surface area contributed by atoms with E-state index >= 15 is 0 Å². The predicted molar refractivity (Wildman–Crippen MR) is 81.7 cm³/mol. The predicted octanol–water partition coefficient (Wildman–Crippen LogP) is 2.00. The Bertz CT molecular complexity index is 804. The lowest BCUT2D eigenvalue weighted by Crippen LogP contribution is -2.12. The van der Waals surface area contributed by atoms with Crippen LogP contribution in [0.5, 0.6) is 0 Å². The lowest BCUT2D eigenvalue weighted by molar-refractivity contribution is 0.1000. The minimum atomic E-state index is -3.64. The van der Waals surface area contributed by atoms with Crippen LogP contribution in [-0.4, -0.2) is 14.3 Å². The van der Waals surface area contributed by atoms with Gasteiger partial charge in [-0.15, -0.1) is 0 Å². The lowest BCUT2D eigenvalue weighted by Gasteiger charge is -2.08. The average Bonchev–Trinajstić information content (AvgIpc) is 2.37. The number of carbonyl (C=O) groups is 1. The summed E-state index contributed by atoms with van der Waals surface area (Å²) < 4.78 is 24.7. The molecule has 0 atom stereocenters. The highest BCUT2D eigenvalue weighted by molar-refractivity contribution is 7.90. The minimum absolute atomic E-state index is 0.00263. The summed E-state index contributed by atoms with van der Waals surface area (Å²) in [6.07, 6.45) is 0. The Kier molecular flexibility index (Phi) is 4.20. The second-order valence-electron chi connectivity index (χ2n) is 4.51. The van der Waals surface area contributed by atoms with Crippen molar-refractivity contribution >= 4 is 33.0 Å². The zero-order valence-corrected chi connectivity index (χ0v) is 12.5. The molecule has 5 nitrogen and oxygen atoms in total. The summed E-state index contributed by atoms with van der Waals surface area (Å²) in [5.41, 5.74) is 11.8. The molecule has 0 fully saturated rings. The molecule has 2 rings (SSSR count). The van der Waals surface area contributed by atoms with Crippen LogP contribution in [0.2, 0.25) is 5.02 Å². The quantitative estimate of drug-likeness (QED) is 0.839. The van der Waals surface area contributed by atoms with Crippen LogP contribution in [0.15, 0.2) is 47.4 Å². The van der Waals surface area contributed by atoms with E-state index in [0.717, 1.165) is 0 Å². The Balaban J connectivity index is 2.37. The van der Waals surface area contributed by atoms with Crippen molar-refractivity contribution in [1.29, 1.82) is 0 Å². The van der Waals surface area contributed by atoms with E-state index in [-0.39, 0.29) is 21.2 Å². The number of benzene rings is 2. The molecule has 2 aromatic rings. The minimum Gasteiger partial charge on any atom is -0.399 e. The Morgan fingerprint density at radius 2 is 1.86 bits per heavy atom. The number of hydrogen-bond donors (Lipinski definition) is 2. The maximum Gasteiger partial charge on any atom is 0.248 e. The van der Waals surface area contributed by atoms with Crippen LogP contribution in [0.25, 0.3) is 0 Å². The van der Waals surface area contributed by atoms with E-state index in [9.17, 15) is 13.2 Å². The van der Waals surface area contributed by atoms with E-state index in [1.165, 1.54) is 30.3 Å². The fourth-order valence-corrected chi connectivity index (χ4v) is 3.83. The van der Waals surface area contributed by atoms with Crippen molar-refractivity contribution in [1.82, 2.24) is 0 Å². The fourth-order valence-electron chi connectivity index (χ4n) is 1.88. The average molecular weight is 325 g/mol.